The molecule has 247 valence electrons. The Morgan fingerprint density at radius 3 is 0.653 bits per heavy atom. The molecule has 3 atom stereocenters. The van der Waals surface area contributed by atoms with Crippen LogP contribution in [-0.4, -0.2) is 0 Å². The first-order valence-electron chi connectivity index (χ1n) is 14.4. The van der Waals surface area contributed by atoms with Crippen LogP contribution in [0.2, 0.25) is 0 Å². The fourth-order valence-electron chi connectivity index (χ4n) is 3.85. The van der Waals surface area contributed by atoms with E-state index in [1.807, 2.05) is 0 Å². The van der Waals surface area contributed by atoms with Crippen molar-refractivity contribution in [2.24, 2.45) is 0 Å². The summed E-state index contributed by atoms with van der Waals surface area (Å²) in [5, 5.41) is 0.538. The van der Waals surface area contributed by atoms with Crippen molar-refractivity contribution in [2.75, 3.05) is 0 Å². The Morgan fingerprint density at radius 1 is 0.306 bits per heavy atom. The standard InChI is InChI=1S/3C12H11O3P.Nd/c3*13-16(14,12-9-5-2-6-10-12)15-11-7-3-1-4-8-11;/h3*1-10H,(H,13,14);/q;;;+3/p-3. The zero-order valence-electron chi connectivity index (χ0n) is 25.8. The van der Waals surface area contributed by atoms with Crippen molar-refractivity contribution in [3.05, 3.63) is 182 Å². The van der Waals surface area contributed by atoms with Crippen molar-refractivity contribution < 1.29 is 82.8 Å². The van der Waals surface area contributed by atoms with Gasteiger partial charge in [0.15, 0.2) is 0 Å². The molecule has 0 aliphatic rings. The third kappa shape index (κ3) is 13.5. The van der Waals surface area contributed by atoms with Gasteiger partial charge in [0, 0.05) is 15.9 Å². The number of hydrogen-bond donors (Lipinski definition) is 0. The first-order chi connectivity index (χ1) is 23.1. The van der Waals surface area contributed by atoms with Crippen molar-refractivity contribution in [3.63, 3.8) is 0 Å². The van der Waals surface area contributed by atoms with Crippen LogP contribution in [0.25, 0.3) is 0 Å². The van der Waals surface area contributed by atoms with E-state index in [-0.39, 0.29) is 56.8 Å². The van der Waals surface area contributed by atoms with Crippen molar-refractivity contribution in [3.8, 4) is 17.2 Å². The molecule has 1 radical (unpaired) electrons. The van der Waals surface area contributed by atoms with E-state index in [1.165, 1.54) is 36.4 Å². The van der Waals surface area contributed by atoms with Crippen LogP contribution in [0.4, 0.5) is 0 Å². The summed E-state index contributed by atoms with van der Waals surface area (Å²) in [6.07, 6.45) is 0. The molecule has 3 unspecified atom stereocenters. The summed E-state index contributed by atoms with van der Waals surface area (Å²) in [6.45, 7) is 0. The second-order valence-electron chi connectivity index (χ2n) is 9.71. The van der Waals surface area contributed by atoms with Crippen molar-refractivity contribution in [2.45, 2.75) is 0 Å². The van der Waals surface area contributed by atoms with Crippen LogP contribution in [0, 0.1) is 40.8 Å². The maximum Gasteiger partial charge on any atom is 3.00 e. The van der Waals surface area contributed by atoms with Gasteiger partial charge in [-0.3, -0.25) is 13.7 Å². The Bertz CT molecular complexity index is 1730. The first kappa shape index (κ1) is 40.1. The van der Waals surface area contributed by atoms with Crippen LogP contribution in [0.3, 0.4) is 0 Å². The summed E-state index contributed by atoms with van der Waals surface area (Å²) in [5.41, 5.74) is 0. The van der Waals surface area contributed by atoms with Gasteiger partial charge in [0.25, 0.3) is 0 Å². The van der Waals surface area contributed by atoms with Gasteiger partial charge in [0.2, 0.25) is 22.8 Å². The van der Waals surface area contributed by atoms with Gasteiger partial charge in [-0.2, -0.15) is 0 Å². The normalized spacial score (nSPS) is 13.8. The molecule has 49 heavy (non-hydrogen) atoms. The Balaban J connectivity index is 0.000000197. The summed E-state index contributed by atoms with van der Waals surface area (Å²) < 4.78 is 50.4. The number of rotatable bonds is 9. The minimum Gasteiger partial charge on any atom is -0.765 e. The van der Waals surface area contributed by atoms with Crippen molar-refractivity contribution >= 4 is 38.7 Å². The minimum absolute atomic E-state index is 0. The van der Waals surface area contributed by atoms with E-state index in [0.29, 0.717) is 17.2 Å². The van der Waals surface area contributed by atoms with Crippen LogP contribution in [0.15, 0.2) is 182 Å². The van der Waals surface area contributed by atoms with E-state index in [1.54, 1.807) is 146 Å². The fourth-order valence-corrected chi connectivity index (χ4v) is 6.98. The molecule has 6 aromatic rings. The summed E-state index contributed by atoms with van der Waals surface area (Å²) in [6, 6.07) is 49.7. The smallest absolute Gasteiger partial charge is 0.765 e. The largest absolute Gasteiger partial charge is 3.00 e. The molecule has 0 aliphatic carbocycles. The van der Waals surface area contributed by atoms with Gasteiger partial charge in [-0.15, -0.1) is 0 Å². The quantitative estimate of drug-likeness (QED) is 0.164. The molecule has 0 spiro atoms. The zero-order chi connectivity index (χ0) is 34.3. The average molecular weight is 844 g/mol. The van der Waals surface area contributed by atoms with E-state index in [9.17, 15) is 28.4 Å². The molecule has 6 rings (SSSR count). The van der Waals surface area contributed by atoms with Gasteiger partial charge in [-0.1, -0.05) is 109 Å². The Kier molecular flexibility index (Phi) is 16.1. The number of para-hydroxylation sites is 3. The third-order valence-electron chi connectivity index (χ3n) is 6.12. The van der Waals surface area contributed by atoms with Crippen molar-refractivity contribution in [1.82, 2.24) is 0 Å². The molecule has 9 nitrogen and oxygen atoms in total. The molecule has 6 aromatic carbocycles. The van der Waals surface area contributed by atoms with E-state index in [2.05, 4.69) is 0 Å². The maximum atomic E-state index is 11.8. The molecule has 0 aliphatic heterocycles. The number of hydrogen-bond acceptors (Lipinski definition) is 9. The molecule has 0 amide bonds. The summed E-state index contributed by atoms with van der Waals surface area (Å²) in [7, 11) is -12.1. The Morgan fingerprint density at radius 2 is 0.469 bits per heavy atom. The predicted octanol–water partition coefficient (Wildman–Crippen LogP) is 5.83. The molecule has 13 heteroatoms. The molecular formula is C36H30NdO9P3. The first-order valence-corrected chi connectivity index (χ1v) is 19.0. The molecule has 0 saturated heterocycles. The average Bonchev–Trinajstić information content (AvgIpc) is 3.11. The van der Waals surface area contributed by atoms with E-state index in [4.69, 9.17) is 13.6 Å². The predicted molar refractivity (Wildman–Crippen MR) is 182 cm³/mol. The second kappa shape index (κ2) is 19.7. The monoisotopic (exact) mass is 841 g/mol. The Hall–Kier alpha value is -3.36. The molecule has 0 bridgehead atoms. The van der Waals surface area contributed by atoms with E-state index in [0.717, 1.165) is 0 Å². The molecule has 0 saturated carbocycles. The summed E-state index contributed by atoms with van der Waals surface area (Å²) in [5.74, 6) is 0.971. The van der Waals surface area contributed by atoms with Crippen LogP contribution in [0.5, 0.6) is 17.2 Å². The Labute approximate surface area is 318 Å². The van der Waals surface area contributed by atoms with Gasteiger partial charge < -0.3 is 28.3 Å². The van der Waals surface area contributed by atoms with Gasteiger partial charge in [-0.05, 0) is 72.8 Å². The molecule has 0 fully saturated rings. The van der Waals surface area contributed by atoms with Crippen LogP contribution in [0.1, 0.15) is 0 Å². The van der Waals surface area contributed by atoms with E-state index < -0.39 is 22.8 Å². The van der Waals surface area contributed by atoms with E-state index >= 15 is 0 Å². The second-order valence-corrected chi connectivity index (χ2v) is 14.8. The molecule has 0 heterocycles. The van der Waals surface area contributed by atoms with Crippen LogP contribution >= 0.6 is 22.8 Å². The summed E-state index contributed by atoms with van der Waals surface area (Å²) >= 11 is 0. The van der Waals surface area contributed by atoms with Crippen LogP contribution < -0.4 is 44.2 Å². The maximum absolute atomic E-state index is 11.8. The van der Waals surface area contributed by atoms with Gasteiger partial charge in [-0.25, -0.2) is 0 Å². The number of benzene rings is 6. The fraction of sp³-hybridized carbons (Fsp3) is 0. The van der Waals surface area contributed by atoms with Crippen molar-refractivity contribution in [1.29, 1.82) is 0 Å². The zero-order valence-corrected chi connectivity index (χ0v) is 31.7. The van der Waals surface area contributed by atoms with Gasteiger partial charge in [0.05, 0.1) is 0 Å². The topological polar surface area (TPSA) is 148 Å². The molecule has 0 N–H and O–H groups in total. The van der Waals surface area contributed by atoms with Gasteiger partial charge in [0.1, 0.15) is 17.2 Å². The SMILES string of the molecule is O=P([O-])(Oc1ccccc1)c1ccccc1.O=P([O-])(Oc1ccccc1)c1ccccc1.O=P([O-])(Oc1ccccc1)c1ccccc1.[Nd+3]. The van der Waals surface area contributed by atoms with Gasteiger partial charge >= 0.3 is 40.8 Å². The summed E-state index contributed by atoms with van der Waals surface area (Å²) in [4.78, 5) is 35.4. The molecular weight excluding hydrogens is 814 g/mol. The minimum atomic E-state index is -4.02. The molecule has 0 aromatic heterocycles. The third-order valence-corrected chi connectivity index (χ3v) is 10.3. The van der Waals surface area contributed by atoms with Crippen LogP contribution in [-0.2, 0) is 13.7 Å².